The number of aromatic amines is 1. The molecule has 0 unspecified atom stereocenters. The van der Waals surface area contributed by atoms with Crippen LogP contribution < -0.4 is 19.9 Å². The minimum atomic E-state index is -0.323. The molecule has 3 aromatic heterocycles. The number of nitrogens with one attached hydrogen (secondary N) is 1. The number of allylic oxidation sites excluding steroid dienone is 1. The van der Waals surface area contributed by atoms with E-state index in [0.29, 0.717) is 5.56 Å². The number of nitrogens with zero attached hydrogens (tertiary/aromatic N) is 3. The van der Waals surface area contributed by atoms with Crippen molar-refractivity contribution in [3.63, 3.8) is 0 Å². The molecule has 9 heteroatoms. The lowest BCUT2D eigenvalue weighted by molar-refractivity contribution is 0.305. The van der Waals surface area contributed by atoms with Crippen molar-refractivity contribution in [2.24, 2.45) is 0 Å². The van der Waals surface area contributed by atoms with E-state index in [1.165, 1.54) is 132 Å². The number of hydrogen-bond acceptors (Lipinski definition) is 8. The summed E-state index contributed by atoms with van der Waals surface area (Å²) in [6.07, 6.45) is 22.7. The van der Waals surface area contributed by atoms with Crippen LogP contribution in [0.4, 0.5) is 17.1 Å². The van der Waals surface area contributed by atoms with E-state index in [1.54, 1.807) is 6.07 Å². The third-order valence-corrected chi connectivity index (χ3v) is 17.0. The van der Waals surface area contributed by atoms with E-state index in [2.05, 4.69) is 135 Å². The van der Waals surface area contributed by atoms with E-state index >= 15 is 0 Å². The molecule has 0 amide bonds. The van der Waals surface area contributed by atoms with E-state index in [9.17, 15) is 15.3 Å². The molecule has 8 rings (SSSR count). The molecule has 7 nitrogen and oxygen atoms in total. The number of H-pyrrole nitrogens is 1. The van der Waals surface area contributed by atoms with Gasteiger partial charge in [-0.3, -0.25) is 4.79 Å². The fraction of sp³-hybridized carbons (Fsp3) is 0.391. The van der Waals surface area contributed by atoms with Gasteiger partial charge >= 0.3 is 0 Å². The van der Waals surface area contributed by atoms with E-state index in [0.717, 1.165) is 83.9 Å². The molecular formula is C64H72N4O3S2. The Labute approximate surface area is 442 Å². The standard InChI is InChI=1S/C64H72N4O3S2/c1-5-9-13-17-35-64(36-18-14-10-6-2)56-42-59(72-61(56)62-57(64)43-60(73-62)49-22-21-48-40-50(39-46(44-65)45-66)63(69)67-58(48)41-49)47-23-25-51(26-24-47)68(52-27-31-54(32-28-52)70-37-19-15-11-7-3)53-29-33-55(34-30-53)71-38-20-16-12-8-4/h21-34,39-43H,5-20,35-38H2,1-4H3,(H,67,69). The number of nitriles is 2. The number of unbranched alkanes of at least 4 members (excludes halogenated alkanes) is 12. The molecule has 0 fully saturated rings. The van der Waals surface area contributed by atoms with Crippen LogP contribution in [-0.2, 0) is 5.41 Å². The van der Waals surface area contributed by atoms with Crippen molar-refractivity contribution in [2.75, 3.05) is 18.1 Å². The Morgan fingerprint density at radius 3 is 1.49 bits per heavy atom. The van der Waals surface area contributed by atoms with Gasteiger partial charge < -0.3 is 19.4 Å². The van der Waals surface area contributed by atoms with Gasteiger partial charge in [0.05, 0.1) is 13.2 Å². The minimum absolute atomic E-state index is 0.0747. The quantitative estimate of drug-likeness (QED) is 0.0387. The van der Waals surface area contributed by atoms with Crippen LogP contribution in [0.1, 0.15) is 160 Å². The summed E-state index contributed by atoms with van der Waals surface area (Å²) in [6.45, 7) is 10.5. The van der Waals surface area contributed by atoms with Gasteiger partial charge in [0.1, 0.15) is 29.2 Å². The largest absolute Gasteiger partial charge is 0.494 e. The van der Waals surface area contributed by atoms with Gasteiger partial charge in [-0.2, -0.15) is 10.5 Å². The highest BCUT2D eigenvalue weighted by Gasteiger charge is 2.45. The molecule has 1 aliphatic carbocycles. The fourth-order valence-electron chi connectivity index (χ4n) is 10.4. The molecule has 0 saturated carbocycles. The Morgan fingerprint density at radius 2 is 1.01 bits per heavy atom. The second-order valence-corrected chi connectivity index (χ2v) is 21.8. The van der Waals surface area contributed by atoms with E-state index < -0.39 is 0 Å². The number of rotatable bonds is 28. The van der Waals surface area contributed by atoms with E-state index in [4.69, 9.17) is 9.47 Å². The molecule has 3 heterocycles. The Balaban J connectivity index is 1.14. The molecule has 0 saturated heterocycles. The van der Waals surface area contributed by atoms with Gasteiger partial charge in [0.2, 0.25) is 0 Å². The first-order valence-electron chi connectivity index (χ1n) is 27.2. The average Bonchev–Trinajstić information content (AvgIpc) is 4.12. The van der Waals surface area contributed by atoms with Gasteiger partial charge in [-0.25, -0.2) is 0 Å². The second kappa shape index (κ2) is 26.0. The summed E-state index contributed by atoms with van der Waals surface area (Å²) in [6, 6.07) is 42.9. The van der Waals surface area contributed by atoms with Crippen molar-refractivity contribution in [3.8, 4) is 54.3 Å². The lowest BCUT2D eigenvalue weighted by Gasteiger charge is -2.31. The maximum Gasteiger partial charge on any atom is 0.255 e. The molecule has 0 atom stereocenters. The first-order chi connectivity index (χ1) is 35.8. The van der Waals surface area contributed by atoms with Gasteiger partial charge in [-0.05, 0) is 144 Å². The number of thiophene rings is 2. The van der Waals surface area contributed by atoms with Crippen molar-refractivity contribution < 1.29 is 9.47 Å². The predicted molar refractivity (Wildman–Crippen MR) is 308 cm³/mol. The number of benzene rings is 4. The monoisotopic (exact) mass is 1010 g/mol. The molecular weight excluding hydrogens is 937 g/mol. The zero-order valence-electron chi connectivity index (χ0n) is 43.5. The van der Waals surface area contributed by atoms with Crippen molar-refractivity contribution >= 4 is 56.7 Å². The lowest BCUT2D eigenvalue weighted by Crippen LogP contribution is -2.25. The number of hydrogen-bond donors (Lipinski definition) is 1. The van der Waals surface area contributed by atoms with Gasteiger partial charge in [0, 0.05) is 53.1 Å². The summed E-state index contributed by atoms with van der Waals surface area (Å²) in [4.78, 5) is 23.8. The van der Waals surface area contributed by atoms with Gasteiger partial charge in [0.15, 0.2) is 0 Å². The Bertz CT molecular complexity index is 2990. The van der Waals surface area contributed by atoms with Gasteiger partial charge in [0.25, 0.3) is 5.56 Å². The molecule has 0 spiro atoms. The summed E-state index contributed by atoms with van der Waals surface area (Å²) in [5, 5.41) is 19.5. The van der Waals surface area contributed by atoms with E-state index in [1.807, 2.05) is 40.9 Å². The molecule has 1 aliphatic rings. The number of anilines is 3. The minimum Gasteiger partial charge on any atom is -0.494 e. The maximum absolute atomic E-state index is 13.2. The number of ether oxygens (including phenoxy) is 2. The normalized spacial score (nSPS) is 12.2. The second-order valence-electron chi connectivity index (χ2n) is 19.7. The molecule has 0 radical (unpaired) electrons. The molecule has 4 aromatic carbocycles. The number of pyridine rings is 1. The summed E-state index contributed by atoms with van der Waals surface area (Å²) in [5.41, 5.74) is 8.99. The number of aromatic nitrogens is 1. The first kappa shape index (κ1) is 52.9. The summed E-state index contributed by atoms with van der Waals surface area (Å²) in [7, 11) is 0. The van der Waals surface area contributed by atoms with Crippen LogP contribution in [0.15, 0.2) is 120 Å². The summed E-state index contributed by atoms with van der Waals surface area (Å²) < 4.78 is 12.3. The summed E-state index contributed by atoms with van der Waals surface area (Å²) in [5.74, 6) is 1.79. The predicted octanol–water partition coefficient (Wildman–Crippen LogP) is 19.0. The van der Waals surface area contributed by atoms with E-state index in [-0.39, 0.29) is 16.5 Å². The SMILES string of the molecule is CCCCCCOc1ccc(N(c2ccc(OCCCCCC)cc2)c2ccc(-c3cc4c(s3)-c3sc(-c5ccc6cc(C=C(C#N)C#N)c(=O)[nH]c6c5)cc3C4(CCCCCC)CCCCCC)cc2)cc1. The van der Waals surface area contributed by atoms with Crippen LogP contribution in [0.25, 0.3) is 47.6 Å². The average molecular weight is 1010 g/mol. The molecule has 73 heavy (non-hydrogen) atoms. The molecule has 1 N–H and O–H groups in total. The topological polar surface area (TPSA) is 102 Å². The van der Waals surface area contributed by atoms with Crippen LogP contribution in [0.2, 0.25) is 0 Å². The fourth-order valence-corrected chi connectivity index (χ4v) is 13.1. The lowest BCUT2D eigenvalue weighted by atomic mass is 9.71. The first-order valence-corrected chi connectivity index (χ1v) is 28.8. The van der Waals surface area contributed by atoms with Gasteiger partial charge in [-0.1, -0.05) is 142 Å². The number of fused-ring (bicyclic) bond motifs is 4. The zero-order chi connectivity index (χ0) is 51.0. The summed E-state index contributed by atoms with van der Waals surface area (Å²) >= 11 is 3.81. The van der Waals surface area contributed by atoms with Crippen LogP contribution in [-0.4, -0.2) is 18.2 Å². The Morgan fingerprint density at radius 1 is 0.562 bits per heavy atom. The molecule has 0 aliphatic heterocycles. The Kier molecular flexibility index (Phi) is 18.9. The van der Waals surface area contributed by atoms with Crippen LogP contribution in [0.3, 0.4) is 0 Å². The highest BCUT2D eigenvalue weighted by atomic mass is 32.1. The Hall–Kier alpha value is -6.39. The van der Waals surface area contributed by atoms with Crippen molar-refractivity contribution in [2.45, 2.75) is 149 Å². The third kappa shape index (κ3) is 12.7. The highest BCUT2D eigenvalue weighted by Crippen LogP contribution is 2.61. The highest BCUT2D eigenvalue weighted by molar-refractivity contribution is 7.25. The van der Waals surface area contributed by atoms with Crippen LogP contribution in [0, 0.1) is 22.7 Å². The van der Waals surface area contributed by atoms with Crippen molar-refractivity contribution in [1.29, 1.82) is 10.5 Å². The van der Waals surface area contributed by atoms with Crippen molar-refractivity contribution in [1.82, 2.24) is 4.98 Å². The van der Waals surface area contributed by atoms with Crippen molar-refractivity contribution in [3.05, 3.63) is 142 Å². The smallest absolute Gasteiger partial charge is 0.255 e. The maximum atomic E-state index is 13.2. The van der Waals surface area contributed by atoms with Crippen LogP contribution >= 0.6 is 22.7 Å². The molecule has 378 valence electrons. The van der Waals surface area contributed by atoms with Crippen LogP contribution in [0.5, 0.6) is 11.5 Å². The zero-order valence-corrected chi connectivity index (χ0v) is 45.1. The molecule has 7 aromatic rings. The molecule has 0 bridgehead atoms. The van der Waals surface area contributed by atoms with Gasteiger partial charge in [-0.15, -0.1) is 22.7 Å². The third-order valence-electron chi connectivity index (χ3n) is 14.4.